The van der Waals surface area contributed by atoms with Gasteiger partial charge >= 0.3 is 10.2 Å². The van der Waals surface area contributed by atoms with Gasteiger partial charge in [0.15, 0.2) is 0 Å². The van der Waals surface area contributed by atoms with Gasteiger partial charge in [-0.1, -0.05) is 6.92 Å². The zero-order chi connectivity index (χ0) is 20.0. The monoisotopic (exact) mass is 404 g/mol. The molecule has 11 heteroatoms. The molecule has 0 bridgehead atoms. The summed E-state index contributed by atoms with van der Waals surface area (Å²) in [6, 6.07) is 1.36. The third kappa shape index (κ3) is 3.84. The first-order chi connectivity index (χ1) is 12.5. The molecule has 3 rings (SSSR count). The number of rotatable bonds is 5. The minimum atomic E-state index is -4.16. The quantitative estimate of drug-likeness (QED) is 0.801. The number of nitrogens with zero attached hydrogens (tertiary/aromatic N) is 3. The summed E-state index contributed by atoms with van der Waals surface area (Å²) in [7, 11) is -4.16. The fourth-order valence-corrected chi connectivity index (χ4v) is 4.35. The number of anilines is 1. The number of amides is 1. The normalized spacial score (nSPS) is 19.7. The highest BCUT2D eigenvalue weighted by Crippen LogP contribution is 2.37. The summed E-state index contributed by atoms with van der Waals surface area (Å²) in [6.45, 7) is 3.92. The lowest BCUT2D eigenvalue weighted by atomic mass is 10.0. The van der Waals surface area contributed by atoms with Gasteiger partial charge in [0.25, 0.3) is 11.8 Å². The molecule has 3 heterocycles. The Morgan fingerprint density at radius 2 is 2.07 bits per heavy atom. The number of hydrogen-bond acceptors (Lipinski definition) is 5. The van der Waals surface area contributed by atoms with Crippen LogP contribution in [0.3, 0.4) is 0 Å². The second kappa shape index (κ2) is 6.55. The summed E-state index contributed by atoms with van der Waals surface area (Å²) in [5, 5.41) is 2.84. The first kappa shape index (κ1) is 19.7. The van der Waals surface area contributed by atoms with Crippen molar-refractivity contribution in [3.8, 4) is 5.88 Å². The van der Waals surface area contributed by atoms with E-state index in [1.807, 2.05) is 20.8 Å². The third-order valence-electron chi connectivity index (χ3n) is 4.65. The summed E-state index contributed by atoms with van der Waals surface area (Å²) in [6.07, 6.45) is 2.00. The first-order valence-corrected chi connectivity index (χ1v) is 9.96. The topological polar surface area (TPSA) is 91.8 Å². The van der Waals surface area contributed by atoms with Crippen LogP contribution < -0.4 is 14.4 Å². The Bertz CT molecular complexity index is 852. The van der Waals surface area contributed by atoms with Crippen molar-refractivity contribution in [1.82, 2.24) is 14.6 Å². The van der Waals surface area contributed by atoms with Gasteiger partial charge in [0, 0.05) is 11.7 Å². The number of fused-ring (bicyclic) bond motifs is 1. The number of carbonyl (C=O) groups excluding carboxylic acids is 1. The van der Waals surface area contributed by atoms with Crippen LogP contribution in [0, 0.1) is 0 Å². The zero-order valence-electron chi connectivity index (χ0n) is 15.3. The predicted octanol–water partition coefficient (Wildman–Crippen LogP) is 1.39. The van der Waals surface area contributed by atoms with Crippen molar-refractivity contribution in [2.45, 2.75) is 38.7 Å². The number of nitrogens with one attached hydrogen (secondary N) is 1. The fourth-order valence-electron chi connectivity index (χ4n) is 2.68. The van der Waals surface area contributed by atoms with Gasteiger partial charge in [0.05, 0.1) is 25.2 Å². The molecule has 0 saturated carbocycles. The number of ether oxygens (including phenoxy) is 1. The minimum Gasteiger partial charge on any atom is -0.474 e. The first-order valence-electron chi connectivity index (χ1n) is 8.56. The Kier molecular flexibility index (Phi) is 4.79. The molecule has 150 valence electrons. The maximum Gasteiger partial charge on any atom is 0.304 e. The molecule has 0 atom stereocenters. The lowest BCUT2D eigenvalue weighted by Gasteiger charge is -2.41. The van der Waals surface area contributed by atoms with Crippen molar-refractivity contribution in [3.05, 3.63) is 17.8 Å². The van der Waals surface area contributed by atoms with E-state index in [4.69, 9.17) is 4.74 Å². The average Bonchev–Trinajstić information content (AvgIpc) is 2.58. The molecule has 1 amide bonds. The van der Waals surface area contributed by atoms with Crippen LogP contribution in [0.2, 0.25) is 0 Å². The molecule has 0 radical (unpaired) electrons. The van der Waals surface area contributed by atoms with Gasteiger partial charge in [-0.25, -0.2) is 18.1 Å². The summed E-state index contributed by atoms with van der Waals surface area (Å²) >= 11 is 0. The lowest BCUT2D eigenvalue weighted by Crippen LogP contribution is -2.62. The Morgan fingerprint density at radius 1 is 1.41 bits per heavy atom. The second-order valence-corrected chi connectivity index (χ2v) is 9.15. The molecule has 8 nitrogen and oxygen atoms in total. The van der Waals surface area contributed by atoms with E-state index >= 15 is 0 Å². The summed E-state index contributed by atoms with van der Waals surface area (Å²) in [5.74, 6) is -3.38. The van der Waals surface area contributed by atoms with Crippen LogP contribution in [0.1, 0.15) is 37.6 Å². The van der Waals surface area contributed by atoms with Crippen LogP contribution in [0.25, 0.3) is 0 Å². The van der Waals surface area contributed by atoms with Crippen LogP contribution in [0.4, 0.5) is 14.5 Å². The van der Waals surface area contributed by atoms with Crippen LogP contribution in [-0.2, 0) is 10.2 Å². The van der Waals surface area contributed by atoms with Gasteiger partial charge in [0.2, 0.25) is 5.88 Å². The number of pyridine rings is 1. The molecule has 1 aromatic heterocycles. The molecule has 0 spiro atoms. The van der Waals surface area contributed by atoms with E-state index in [1.54, 1.807) is 0 Å². The number of carbonyl (C=O) groups is 1. The van der Waals surface area contributed by atoms with Crippen molar-refractivity contribution < 1.29 is 26.7 Å². The minimum absolute atomic E-state index is 0.0396. The van der Waals surface area contributed by atoms with Gasteiger partial charge in [-0.2, -0.15) is 12.7 Å². The molecule has 0 aliphatic carbocycles. The van der Waals surface area contributed by atoms with E-state index in [-0.39, 0.29) is 30.3 Å². The van der Waals surface area contributed by atoms with Crippen molar-refractivity contribution >= 4 is 21.8 Å². The maximum absolute atomic E-state index is 13.1. The smallest absolute Gasteiger partial charge is 0.304 e. The van der Waals surface area contributed by atoms with Gasteiger partial charge in [0.1, 0.15) is 12.3 Å². The average molecular weight is 404 g/mol. The van der Waals surface area contributed by atoms with Crippen molar-refractivity contribution in [2.75, 3.05) is 30.5 Å². The van der Waals surface area contributed by atoms with E-state index in [0.29, 0.717) is 10.7 Å². The number of alkyl halides is 2. The van der Waals surface area contributed by atoms with Crippen LogP contribution in [0.5, 0.6) is 5.88 Å². The molecule has 27 heavy (non-hydrogen) atoms. The SMILES string of the molecule is CCC(C)(C)NC(=O)c1cnc2c(c1)N(S(=O)(=O)N1CC(F)(F)C1)CCO2. The largest absolute Gasteiger partial charge is 0.474 e. The molecule has 1 saturated heterocycles. The van der Waals surface area contributed by atoms with Crippen LogP contribution in [-0.4, -0.2) is 61.3 Å². The highest BCUT2D eigenvalue weighted by Gasteiger charge is 2.52. The highest BCUT2D eigenvalue weighted by atomic mass is 32.2. The van der Waals surface area contributed by atoms with Crippen LogP contribution in [0.15, 0.2) is 12.3 Å². The Morgan fingerprint density at radius 3 is 2.67 bits per heavy atom. The number of halogens is 2. The van der Waals surface area contributed by atoms with E-state index in [2.05, 4.69) is 10.3 Å². The zero-order valence-corrected chi connectivity index (χ0v) is 16.1. The Hall–Kier alpha value is -2.01. The Balaban J connectivity index is 1.89. The molecular formula is C16H22F2N4O4S. The number of hydrogen-bond donors (Lipinski definition) is 1. The second-order valence-electron chi connectivity index (χ2n) is 7.29. The predicted molar refractivity (Wildman–Crippen MR) is 94.4 cm³/mol. The molecular weight excluding hydrogens is 382 g/mol. The molecule has 2 aliphatic heterocycles. The summed E-state index contributed by atoms with van der Waals surface area (Å²) in [5.41, 5.74) is -0.216. The fraction of sp³-hybridized carbons (Fsp3) is 0.625. The highest BCUT2D eigenvalue weighted by molar-refractivity contribution is 7.90. The van der Waals surface area contributed by atoms with E-state index in [0.717, 1.165) is 4.31 Å². The lowest BCUT2D eigenvalue weighted by molar-refractivity contribution is -0.0946. The summed E-state index contributed by atoms with van der Waals surface area (Å²) in [4.78, 5) is 16.5. The molecule has 1 fully saturated rings. The van der Waals surface area contributed by atoms with E-state index in [1.165, 1.54) is 12.3 Å². The molecule has 0 aromatic carbocycles. The summed E-state index contributed by atoms with van der Waals surface area (Å²) < 4.78 is 58.7. The Labute approximate surface area is 156 Å². The van der Waals surface area contributed by atoms with Gasteiger partial charge in [-0.05, 0) is 26.3 Å². The molecule has 0 unspecified atom stereocenters. The van der Waals surface area contributed by atoms with Gasteiger partial charge in [-0.15, -0.1) is 0 Å². The third-order valence-corrected chi connectivity index (χ3v) is 6.50. The van der Waals surface area contributed by atoms with Crippen molar-refractivity contribution in [1.29, 1.82) is 0 Å². The molecule has 1 N–H and O–H groups in total. The standard InChI is InChI=1S/C16H22F2N4O4S/c1-4-15(2,3)20-13(23)11-7-12-14(19-8-11)26-6-5-22(12)27(24,25)21-9-16(17,18)10-21/h7-8H,4-6,9-10H2,1-3H3,(H,20,23). The molecule has 2 aliphatic rings. The van der Waals surface area contributed by atoms with E-state index in [9.17, 15) is 22.0 Å². The van der Waals surface area contributed by atoms with Gasteiger partial charge < -0.3 is 10.1 Å². The maximum atomic E-state index is 13.1. The van der Waals surface area contributed by atoms with Crippen LogP contribution >= 0.6 is 0 Å². The van der Waals surface area contributed by atoms with Crippen molar-refractivity contribution in [2.24, 2.45) is 0 Å². The molecule has 1 aromatic rings. The van der Waals surface area contributed by atoms with E-state index < -0.39 is 40.7 Å². The van der Waals surface area contributed by atoms with Gasteiger partial charge in [-0.3, -0.25) is 4.79 Å². The number of aromatic nitrogens is 1. The van der Waals surface area contributed by atoms with Crippen molar-refractivity contribution in [3.63, 3.8) is 0 Å².